The van der Waals surface area contributed by atoms with Gasteiger partial charge in [-0.1, -0.05) is 35.9 Å². The number of benzene rings is 2. The smallest absolute Gasteiger partial charge is 0.416 e. The predicted molar refractivity (Wildman–Crippen MR) is 96.7 cm³/mol. The van der Waals surface area contributed by atoms with Crippen LogP contribution < -0.4 is 5.73 Å². The lowest BCUT2D eigenvalue weighted by Gasteiger charge is -2.12. The second-order valence-electron chi connectivity index (χ2n) is 5.68. The maximum atomic E-state index is 12.7. The third-order valence-electron chi connectivity index (χ3n) is 3.60. The first-order valence-corrected chi connectivity index (χ1v) is 9.49. The van der Waals surface area contributed by atoms with Crippen LogP contribution in [0.4, 0.5) is 13.2 Å². The number of hydrogen-bond acceptors (Lipinski definition) is 6. The standard InChI is InChI=1S/C18H13ClF3NO5S/c19-13-7-1-10(2-8-13)9-29(25,26)28-16-14(24)15(27-17(16)23)11-3-5-12(6-4-11)18(20,21)22/h1-8,15H,9,23H2/t15-/m0/s1/i9D2,15D. The van der Waals surface area contributed by atoms with Gasteiger partial charge >= 0.3 is 16.3 Å². The molecule has 6 nitrogen and oxygen atoms in total. The second kappa shape index (κ2) is 7.60. The summed E-state index contributed by atoms with van der Waals surface area (Å²) in [7, 11) is -5.21. The fraction of sp³-hybridized carbons (Fsp3) is 0.167. The number of carbonyl (C=O) groups is 1. The van der Waals surface area contributed by atoms with Gasteiger partial charge in [-0.05, 0) is 29.8 Å². The molecule has 1 heterocycles. The summed E-state index contributed by atoms with van der Waals surface area (Å²) in [4.78, 5) is 12.7. The molecule has 0 saturated heterocycles. The number of alkyl halides is 3. The van der Waals surface area contributed by atoms with E-state index in [0.29, 0.717) is 12.1 Å². The minimum absolute atomic E-state index is 0.213. The number of rotatable bonds is 5. The number of nitrogens with two attached hydrogens (primary N) is 1. The van der Waals surface area contributed by atoms with Crippen LogP contribution in [0.15, 0.2) is 60.2 Å². The summed E-state index contributed by atoms with van der Waals surface area (Å²) in [6.07, 6.45) is -7.40. The lowest BCUT2D eigenvalue weighted by molar-refractivity contribution is -0.137. The van der Waals surface area contributed by atoms with E-state index in [4.69, 9.17) is 26.2 Å². The Labute approximate surface area is 173 Å². The zero-order chi connectivity index (χ0) is 24.1. The Morgan fingerprint density at radius 3 is 2.31 bits per heavy atom. The maximum Gasteiger partial charge on any atom is 0.416 e. The molecule has 0 aliphatic carbocycles. The normalized spacial score (nSPS) is 21.9. The highest BCUT2D eigenvalue weighted by Gasteiger charge is 2.40. The average Bonchev–Trinajstić information content (AvgIpc) is 2.91. The van der Waals surface area contributed by atoms with Crippen LogP contribution in [0.3, 0.4) is 0 Å². The van der Waals surface area contributed by atoms with Crippen LogP contribution in [0.2, 0.25) is 5.02 Å². The lowest BCUT2D eigenvalue weighted by atomic mass is 10.0. The topological polar surface area (TPSA) is 95.7 Å². The quantitative estimate of drug-likeness (QED) is 0.698. The molecule has 1 aliphatic heterocycles. The SMILES string of the molecule is [2H]C([2H])(c1ccc(Cl)cc1)S(=O)(=O)OC1=C(N)O[C@@]([2H])(c2ccc(C(F)(F)F)cc2)C1=O. The Kier molecular flexibility index (Phi) is 4.50. The van der Waals surface area contributed by atoms with Crippen molar-refractivity contribution in [3.05, 3.63) is 81.9 Å². The van der Waals surface area contributed by atoms with Gasteiger partial charge < -0.3 is 14.7 Å². The summed E-state index contributed by atoms with van der Waals surface area (Å²) in [6.45, 7) is 0. The number of Topliss-reactive ketones (excluding diaryl/α,β-unsaturated/α-hetero) is 1. The predicted octanol–water partition coefficient (Wildman–Crippen LogP) is 3.67. The molecule has 0 unspecified atom stereocenters. The number of carbonyl (C=O) groups excluding carboxylic acids is 1. The van der Waals surface area contributed by atoms with E-state index in [1.54, 1.807) is 0 Å². The molecule has 2 aromatic rings. The van der Waals surface area contributed by atoms with Crippen LogP contribution in [0, 0.1) is 0 Å². The molecule has 0 amide bonds. The molecule has 1 aliphatic rings. The first-order valence-electron chi connectivity index (χ1n) is 9.21. The summed E-state index contributed by atoms with van der Waals surface area (Å²) in [5.74, 6) is -3.55. The molecule has 0 radical (unpaired) electrons. The van der Waals surface area contributed by atoms with Crippen LogP contribution >= 0.6 is 11.6 Å². The molecule has 3 rings (SSSR count). The number of ketones is 1. The molecule has 154 valence electrons. The monoisotopic (exact) mass is 450 g/mol. The second-order valence-corrected chi connectivity index (χ2v) is 7.39. The highest BCUT2D eigenvalue weighted by molar-refractivity contribution is 7.86. The molecule has 11 heteroatoms. The zero-order valence-electron chi connectivity index (χ0n) is 17.2. The van der Waals surface area contributed by atoms with E-state index in [0.717, 1.165) is 24.3 Å². The third kappa shape index (κ3) is 4.83. The third-order valence-corrected chi connectivity index (χ3v) is 4.73. The van der Waals surface area contributed by atoms with E-state index in [1.807, 2.05) is 0 Å². The molecule has 0 aromatic heterocycles. The van der Waals surface area contributed by atoms with Gasteiger partial charge in [-0.2, -0.15) is 21.6 Å². The summed E-state index contributed by atoms with van der Waals surface area (Å²) in [6, 6.07) is 7.45. The Balaban J connectivity index is 1.90. The maximum absolute atomic E-state index is 12.7. The molecule has 0 saturated carbocycles. The van der Waals surface area contributed by atoms with Gasteiger partial charge in [0.05, 0.1) is 9.68 Å². The van der Waals surface area contributed by atoms with Gasteiger partial charge in [0.15, 0.2) is 6.08 Å². The van der Waals surface area contributed by atoms with Crippen molar-refractivity contribution in [2.24, 2.45) is 5.73 Å². The minimum atomic E-state index is -5.21. The van der Waals surface area contributed by atoms with Crippen molar-refractivity contribution in [1.82, 2.24) is 0 Å². The van der Waals surface area contributed by atoms with Gasteiger partial charge in [0.1, 0.15) is 5.70 Å². The molecular weight excluding hydrogens is 435 g/mol. The fourth-order valence-electron chi connectivity index (χ4n) is 2.29. The van der Waals surface area contributed by atoms with Crippen LogP contribution in [0.25, 0.3) is 0 Å². The summed E-state index contributed by atoms with van der Waals surface area (Å²) < 4.78 is 97.0. The van der Waals surface area contributed by atoms with Crippen molar-refractivity contribution in [2.45, 2.75) is 18.0 Å². The van der Waals surface area contributed by atoms with Gasteiger partial charge in [-0.3, -0.25) is 4.79 Å². The van der Waals surface area contributed by atoms with Gasteiger partial charge in [0.25, 0.3) is 0 Å². The Bertz CT molecular complexity index is 1200. The average molecular weight is 451 g/mol. The lowest BCUT2D eigenvalue weighted by Crippen LogP contribution is -2.16. The van der Waals surface area contributed by atoms with Gasteiger partial charge in [0, 0.05) is 10.6 Å². The van der Waals surface area contributed by atoms with Crippen molar-refractivity contribution in [1.29, 1.82) is 0 Å². The Hall–Kier alpha value is -2.72. The van der Waals surface area contributed by atoms with E-state index >= 15 is 0 Å². The van der Waals surface area contributed by atoms with Crippen molar-refractivity contribution >= 4 is 27.5 Å². The van der Waals surface area contributed by atoms with Gasteiger partial charge in [-0.25, -0.2) is 0 Å². The van der Waals surface area contributed by atoms with E-state index in [1.165, 1.54) is 12.1 Å². The van der Waals surface area contributed by atoms with E-state index in [9.17, 15) is 26.4 Å². The number of ether oxygens (including phenoxy) is 1. The molecule has 2 aromatic carbocycles. The van der Waals surface area contributed by atoms with E-state index < -0.39 is 51.1 Å². The Morgan fingerprint density at radius 1 is 1.17 bits per heavy atom. The number of halogens is 4. The Morgan fingerprint density at radius 2 is 1.76 bits per heavy atom. The number of hydrogen-bond donors (Lipinski definition) is 1. The van der Waals surface area contributed by atoms with Gasteiger partial charge in [-0.15, -0.1) is 0 Å². The van der Waals surface area contributed by atoms with Crippen molar-refractivity contribution in [3.8, 4) is 0 Å². The molecule has 29 heavy (non-hydrogen) atoms. The zero-order valence-corrected chi connectivity index (χ0v) is 15.7. The minimum Gasteiger partial charge on any atom is -0.460 e. The van der Waals surface area contributed by atoms with Crippen LogP contribution in [-0.2, 0) is 35.7 Å². The van der Waals surface area contributed by atoms with Crippen molar-refractivity contribution < 1.29 is 39.4 Å². The molecule has 2 N–H and O–H groups in total. The van der Waals surface area contributed by atoms with Crippen LogP contribution in [0.5, 0.6) is 0 Å². The van der Waals surface area contributed by atoms with Crippen molar-refractivity contribution in [3.63, 3.8) is 0 Å². The first-order chi connectivity index (χ1) is 14.6. The summed E-state index contributed by atoms with van der Waals surface area (Å²) >= 11 is 5.70. The highest BCUT2D eigenvalue weighted by atomic mass is 35.5. The van der Waals surface area contributed by atoms with E-state index in [2.05, 4.69) is 4.18 Å². The summed E-state index contributed by atoms with van der Waals surface area (Å²) in [5.41, 5.74) is 0.541. The van der Waals surface area contributed by atoms with Crippen LogP contribution in [-0.4, -0.2) is 14.2 Å². The molecule has 0 bridgehead atoms. The molecule has 0 fully saturated rings. The molecule has 1 atom stereocenters. The molecular formula is C18H13ClF3NO5S. The molecule has 0 spiro atoms. The highest BCUT2D eigenvalue weighted by Crippen LogP contribution is 2.35. The van der Waals surface area contributed by atoms with E-state index in [-0.39, 0.29) is 16.1 Å². The first kappa shape index (κ1) is 17.2. The summed E-state index contributed by atoms with van der Waals surface area (Å²) in [5, 5.41) is 0.213. The van der Waals surface area contributed by atoms with Crippen molar-refractivity contribution in [2.75, 3.05) is 0 Å². The largest absolute Gasteiger partial charge is 0.460 e. The fourth-order valence-corrected chi connectivity index (χ4v) is 3.26. The van der Waals surface area contributed by atoms with Crippen LogP contribution in [0.1, 0.15) is 26.9 Å². The van der Waals surface area contributed by atoms with Gasteiger partial charge in [0.2, 0.25) is 17.4 Å².